The Morgan fingerprint density at radius 1 is 1.59 bits per heavy atom. The molecule has 0 bridgehead atoms. The summed E-state index contributed by atoms with van der Waals surface area (Å²) in [5.41, 5.74) is -0.222. The number of aromatic nitrogens is 2. The second kappa shape index (κ2) is 4.42. The third-order valence-corrected chi connectivity index (χ3v) is 3.55. The highest BCUT2D eigenvalue weighted by Crippen LogP contribution is 2.13. The van der Waals surface area contributed by atoms with E-state index in [2.05, 4.69) is 4.98 Å². The molecule has 1 N–H and O–H groups in total. The molecule has 2 heterocycles. The van der Waals surface area contributed by atoms with Crippen molar-refractivity contribution in [3.63, 3.8) is 0 Å². The van der Waals surface area contributed by atoms with E-state index in [4.69, 9.17) is 12.2 Å². The average molecular weight is 269 g/mol. The molecule has 1 amide bonds. The van der Waals surface area contributed by atoms with Crippen LogP contribution in [0.3, 0.4) is 0 Å². The third-order valence-electron chi connectivity index (χ3n) is 2.40. The number of thiophene rings is 1. The standard InChI is InChI=1S/C10H11N3O2S2/c1-12(2)7(14)5-13-9(15)6-3-4-17-8(6)11-10(13)16/h3-4H,5H2,1-2H3,(H,11,16). The lowest BCUT2D eigenvalue weighted by atomic mass is 10.4. The number of amides is 1. The van der Waals surface area contributed by atoms with Gasteiger partial charge >= 0.3 is 0 Å². The van der Waals surface area contributed by atoms with Gasteiger partial charge in [-0.25, -0.2) is 0 Å². The van der Waals surface area contributed by atoms with Crippen LogP contribution in [-0.2, 0) is 11.3 Å². The van der Waals surface area contributed by atoms with Crippen molar-refractivity contribution in [2.24, 2.45) is 0 Å². The van der Waals surface area contributed by atoms with E-state index >= 15 is 0 Å². The number of rotatable bonds is 2. The van der Waals surface area contributed by atoms with Gasteiger partial charge in [0.2, 0.25) is 5.91 Å². The molecule has 0 radical (unpaired) electrons. The molecule has 0 saturated heterocycles. The second-order valence-corrected chi connectivity index (χ2v) is 5.08. The minimum atomic E-state index is -0.222. The summed E-state index contributed by atoms with van der Waals surface area (Å²) in [6, 6.07) is 1.73. The predicted molar refractivity (Wildman–Crippen MR) is 70.0 cm³/mol. The summed E-state index contributed by atoms with van der Waals surface area (Å²) in [4.78, 5) is 28.8. The van der Waals surface area contributed by atoms with Gasteiger partial charge in [-0.2, -0.15) is 0 Å². The molecule has 0 aliphatic heterocycles. The summed E-state index contributed by atoms with van der Waals surface area (Å²) in [6.07, 6.45) is 0. The lowest BCUT2D eigenvalue weighted by Gasteiger charge is -2.11. The monoisotopic (exact) mass is 269 g/mol. The van der Waals surface area contributed by atoms with E-state index in [1.54, 1.807) is 20.2 Å². The quantitative estimate of drug-likeness (QED) is 0.834. The van der Waals surface area contributed by atoms with Crippen LogP contribution < -0.4 is 5.56 Å². The Morgan fingerprint density at radius 2 is 2.29 bits per heavy atom. The van der Waals surface area contributed by atoms with Gasteiger partial charge in [-0.3, -0.25) is 14.2 Å². The first-order chi connectivity index (χ1) is 8.00. The van der Waals surface area contributed by atoms with E-state index in [9.17, 15) is 9.59 Å². The Labute approximate surface area is 106 Å². The van der Waals surface area contributed by atoms with Gasteiger partial charge in [0.05, 0.1) is 5.39 Å². The lowest BCUT2D eigenvalue weighted by Crippen LogP contribution is -2.32. The SMILES string of the molecule is CN(C)C(=O)Cn1c(=S)[nH]c2sccc2c1=O. The molecule has 5 nitrogen and oxygen atoms in total. The summed E-state index contributed by atoms with van der Waals surface area (Å²) in [6.45, 7) is -0.0348. The van der Waals surface area contributed by atoms with Gasteiger partial charge < -0.3 is 9.88 Å². The molecule has 0 unspecified atom stereocenters. The number of carbonyl (C=O) groups is 1. The number of carbonyl (C=O) groups excluding carboxylic acids is 1. The number of aromatic amines is 1. The zero-order chi connectivity index (χ0) is 12.6. The normalized spacial score (nSPS) is 10.7. The van der Waals surface area contributed by atoms with Gasteiger partial charge in [0.15, 0.2) is 4.77 Å². The van der Waals surface area contributed by atoms with Crippen LogP contribution in [0.15, 0.2) is 16.2 Å². The summed E-state index contributed by atoms with van der Waals surface area (Å²) in [5.74, 6) is -0.166. The molecule has 2 rings (SSSR count). The van der Waals surface area contributed by atoms with E-state index in [-0.39, 0.29) is 22.8 Å². The van der Waals surface area contributed by atoms with Crippen molar-refractivity contribution >= 4 is 39.7 Å². The third kappa shape index (κ3) is 2.16. The van der Waals surface area contributed by atoms with Crippen LogP contribution in [0.1, 0.15) is 0 Å². The van der Waals surface area contributed by atoms with Gasteiger partial charge in [0.25, 0.3) is 5.56 Å². The lowest BCUT2D eigenvalue weighted by molar-refractivity contribution is -0.129. The molecule has 2 aromatic heterocycles. The van der Waals surface area contributed by atoms with Crippen molar-refractivity contribution in [1.82, 2.24) is 14.5 Å². The minimum absolute atomic E-state index is 0.0348. The molecule has 17 heavy (non-hydrogen) atoms. The molecule has 0 aliphatic carbocycles. The van der Waals surface area contributed by atoms with Gasteiger partial charge in [0, 0.05) is 14.1 Å². The first-order valence-electron chi connectivity index (χ1n) is 4.91. The summed E-state index contributed by atoms with van der Waals surface area (Å²) < 4.78 is 1.56. The molecule has 0 aliphatic rings. The minimum Gasteiger partial charge on any atom is -0.347 e. The maximum Gasteiger partial charge on any atom is 0.263 e. The zero-order valence-electron chi connectivity index (χ0n) is 9.39. The molecule has 0 atom stereocenters. The number of hydrogen-bond donors (Lipinski definition) is 1. The van der Waals surface area contributed by atoms with E-state index in [1.165, 1.54) is 20.8 Å². The van der Waals surface area contributed by atoms with Crippen molar-refractivity contribution in [1.29, 1.82) is 0 Å². The Bertz CT molecular complexity index is 681. The molecule has 0 spiro atoms. The molecular weight excluding hydrogens is 258 g/mol. The number of likely N-dealkylation sites (N-methyl/N-ethyl adjacent to an activating group) is 1. The number of nitrogens with one attached hydrogen (secondary N) is 1. The maximum absolute atomic E-state index is 12.1. The Hall–Kier alpha value is -1.47. The highest BCUT2D eigenvalue weighted by molar-refractivity contribution is 7.71. The summed E-state index contributed by atoms with van der Waals surface area (Å²) in [5, 5.41) is 2.38. The first-order valence-corrected chi connectivity index (χ1v) is 6.20. The molecule has 0 fully saturated rings. The van der Waals surface area contributed by atoms with E-state index in [0.717, 1.165) is 4.83 Å². The van der Waals surface area contributed by atoms with Crippen LogP contribution in [0.4, 0.5) is 0 Å². The Kier molecular flexibility index (Phi) is 3.12. The van der Waals surface area contributed by atoms with Crippen LogP contribution in [0.5, 0.6) is 0 Å². The highest BCUT2D eigenvalue weighted by atomic mass is 32.1. The smallest absolute Gasteiger partial charge is 0.263 e. The zero-order valence-corrected chi connectivity index (χ0v) is 11.0. The van der Waals surface area contributed by atoms with Crippen molar-refractivity contribution < 1.29 is 4.79 Å². The Balaban J connectivity index is 2.58. The first kappa shape index (κ1) is 12.0. The van der Waals surface area contributed by atoms with Crippen molar-refractivity contribution in [3.8, 4) is 0 Å². The number of H-pyrrole nitrogens is 1. The Morgan fingerprint density at radius 3 is 2.94 bits per heavy atom. The second-order valence-electron chi connectivity index (χ2n) is 3.77. The van der Waals surface area contributed by atoms with Crippen molar-refractivity contribution in [2.75, 3.05) is 14.1 Å². The van der Waals surface area contributed by atoms with Crippen LogP contribution in [0.25, 0.3) is 10.2 Å². The van der Waals surface area contributed by atoms with Crippen LogP contribution in [-0.4, -0.2) is 34.5 Å². The molecule has 2 aromatic rings. The maximum atomic E-state index is 12.1. The molecule has 90 valence electrons. The predicted octanol–water partition coefficient (Wildman–Crippen LogP) is 1.21. The molecule has 7 heteroatoms. The average Bonchev–Trinajstić information content (AvgIpc) is 2.71. The topological polar surface area (TPSA) is 58.1 Å². The fraction of sp³-hybridized carbons (Fsp3) is 0.300. The largest absolute Gasteiger partial charge is 0.347 e. The van der Waals surface area contributed by atoms with Gasteiger partial charge in [0.1, 0.15) is 11.4 Å². The van der Waals surface area contributed by atoms with Gasteiger partial charge in [-0.1, -0.05) is 0 Å². The fourth-order valence-electron chi connectivity index (χ4n) is 1.40. The molecular formula is C10H11N3O2S2. The van der Waals surface area contributed by atoms with Gasteiger partial charge in [-0.15, -0.1) is 11.3 Å². The van der Waals surface area contributed by atoms with Crippen LogP contribution in [0, 0.1) is 4.77 Å². The number of hydrogen-bond acceptors (Lipinski definition) is 4. The molecule has 0 saturated carbocycles. The van der Waals surface area contributed by atoms with E-state index in [0.29, 0.717) is 5.39 Å². The summed E-state index contributed by atoms with van der Waals surface area (Å²) >= 11 is 6.50. The highest BCUT2D eigenvalue weighted by Gasteiger charge is 2.11. The van der Waals surface area contributed by atoms with E-state index in [1.807, 2.05) is 5.38 Å². The number of nitrogens with zero attached hydrogens (tertiary/aromatic N) is 2. The number of fused-ring (bicyclic) bond motifs is 1. The van der Waals surface area contributed by atoms with Crippen molar-refractivity contribution in [2.45, 2.75) is 6.54 Å². The van der Waals surface area contributed by atoms with Crippen molar-refractivity contribution in [3.05, 3.63) is 26.6 Å². The van der Waals surface area contributed by atoms with Crippen LogP contribution >= 0.6 is 23.6 Å². The molecule has 0 aromatic carbocycles. The van der Waals surface area contributed by atoms with Crippen LogP contribution in [0.2, 0.25) is 0 Å². The summed E-state index contributed by atoms with van der Waals surface area (Å²) in [7, 11) is 3.28. The fourth-order valence-corrected chi connectivity index (χ4v) is 2.49. The van der Waals surface area contributed by atoms with Gasteiger partial charge in [-0.05, 0) is 23.7 Å². The van der Waals surface area contributed by atoms with E-state index < -0.39 is 0 Å².